The van der Waals surface area contributed by atoms with Crippen LogP contribution in [-0.4, -0.2) is 21.5 Å². The minimum atomic E-state index is -1.15. The van der Waals surface area contributed by atoms with E-state index in [1.165, 1.54) is 0 Å². The zero-order chi connectivity index (χ0) is 6.91. The predicted molar refractivity (Wildman–Crippen MR) is 44.5 cm³/mol. The first-order valence-electron chi connectivity index (χ1n) is 2.52. The number of alkyl halides is 3. The van der Waals surface area contributed by atoms with E-state index in [1.807, 2.05) is 0 Å². The van der Waals surface area contributed by atoms with Crippen molar-refractivity contribution in [3.8, 4) is 0 Å². The average Bonchev–Trinajstić information content (AvgIpc) is 2.08. The standard InChI is InChI=1S/C4H6Cl3NS/c5-4(6,7)3-8-1-2-9-3/h3,8H,1-2H2. The third kappa shape index (κ3) is 2.35. The molecule has 0 aliphatic carbocycles. The molecule has 1 nitrogen and oxygen atoms in total. The molecular formula is C4H6Cl3NS. The van der Waals surface area contributed by atoms with E-state index < -0.39 is 3.79 Å². The van der Waals surface area contributed by atoms with Crippen molar-refractivity contribution in [3.63, 3.8) is 0 Å². The third-order valence-electron chi connectivity index (χ3n) is 1.01. The van der Waals surface area contributed by atoms with Gasteiger partial charge in [-0.2, -0.15) is 0 Å². The summed E-state index contributed by atoms with van der Waals surface area (Å²) in [6.07, 6.45) is 0. The molecule has 1 unspecified atom stereocenters. The van der Waals surface area contributed by atoms with Gasteiger partial charge in [0.1, 0.15) is 5.37 Å². The molecule has 0 aromatic heterocycles. The van der Waals surface area contributed by atoms with Gasteiger partial charge in [-0.15, -0.1) is 11.8 Å². The number of rotatable bonds is 0. The zero-order valence-electron chi connectivity index (χ0n) is 4.53. The van der Waals surface area contributed by atoms with Crippen molar-refractivity contribution in [2.24, 2.45) is 0 Å². The molecule has 54 valence electrons. The van der Waals surface area contributed by atoms with E-state index in [1.54, 1.807) is 11.8 Å². The van der Waals surface area contributed by atoms with E-state index in [4.69, 9.17) is 34.8 Å². The Labute approximate surface area is 73.4 Å². The quantitative estimate of drug-likeness (QED) is 0.609. The van der Waals surface area contributed by atoms with Gasteiger partial charge in [0.2, 0.25) is 3.79 Å². The molecule has 5 heteroatoms. The Morgan fingerprint density at radius 2 is 2.11 bits per heavy atom. The second-order valence-corrected chi connectivity index (χ2v) is 5.33. The highest BCUT2D eigenvalue weighted by Gasteiger charge is 2.34. The minimum Gasteiger partial charge on any atom is -0.301 e. The maximum absolute atomic E-state index is 5.59. The fraction of sp³-hybridized carbons (Fsp3) is 1.00. The van der Waals surface area contributed by atoms with Crippen LogP contribution in [0.5, 0.6) is 0 Å². The molecule has 0 radical (unpaired) electrons. The number of thioether (sulfide) groups is 1. The van der Waals surface area contributed by atoms with Crippen molar-refractivity contribution in [2.75, 3.05) is 12.3 Å². The zero-order valence-corrected chi connectivity index (χ0v) is 7.62. The number of nitrogens with one attached hydrogen (secondary N) is 1. The Morgan fingerprint density at radius 3 is 2.33 bits per heavy atom. The molecule has 1 saturated heterocycles. The van der Waals surface area contributed by atoms with Crippen LogP contribution in [0.15, 0.2) is 0 Å². The van der Waals surface area contributed by atoms with E-state index in [9.17, 15) is 0 Å². The molecule has 0 aromatic rings. The molecule has 1 aliphatic rings. The van der Waals surface area contributed by atoms with Crippen LogP contribution in [0.4, 0.5) is 0 Å². The summed E-state index contributed by atoms with van der Waals surface area (Å²) in [7, 11) is 0. The third-order valence-corrected chi connectivity index (χ3v) is 3.35. The summed E-state index contributed by atoms with van der Waals surface area (Å²) in [6.45, 7) is 0.934. The molecule has 1 aliphatic heterocycles. The van der Waals surface area contributed by atoms with Crippen molar-refractivity contribution in [3.05, 3.63) is 0 Å². The van der Waals surface area contributed by atoms with Crippen molar-refractivity contribution >= 4 is 46.6 Å². The van der Waals surface area contributed by atoms with E-state index in [-0.39, 0.29) is 5.37 Å². The van der Waals surface area contributed by atoms with E-state index >= 15 is 0 Å². The van der Waals surface area contributed by atoms with Crippen molar-refractivity contribution in [1.29, 1.82) is 0 Å². The van der Waals surface area contributed by atoms with Crippen LogP contribution in [0.3, 0.4) is 0 Å². The summed E-state index contributed by atoms with van der Waals surface area (Å²) in [5.74, 6) is 1.03. The molecule has 0 saturated carbocycles. The van der Waals surface area contributed by atoms with E-state index in [2.05, 4.69) is 5.32 Å². The van der Waals surface area contributed by atoms with E-state index in [0.717, 1.165) is 12.3 Å². The molecule has 1 atom stereocenters. The molecule has 9 heavy (non-hydrogen) atoms. The van der Waals surface area contributed by atoms with Gasteiger partial charge >= 0.3 is 0 Å². The van der Waals surface area contributed by atoms with Crippen molar-refractivity contribution in [1.82, 2.24) is 5.32 Å². The summed E-state index contributed by atoms with van der Waals surface area (Å²) < 4.78 is -1.15. The van der Waals surface area contributed by atoms with Crippen LogP contribution in [0.25, 0.3) is 0 Å². The number of halogens is 3. The van der Waals surface area contributed by atoms with Crippen LogP contribution in [0.2, 0.25) is 0 Å². The Kier molecular flexibility index (Phi) is 2.81. The largest absolute Gasteiger partial charge is 0.301 e. The summed E-state index contributed by atoms with van der Waals surface area (Å²) in [5.41, 5.74) is 0. The van der Waals surface area contributed by atoms with Crippen molar-refractivity contribution in [2.45, 2.75) is 9.17 Å². The lowest BCUT2D eigenvalue weighted by Gasteiger charge is -2.17. The molecule has 0 spiro atoms. The number of hydrogen-bond donors (Lipinski definition) is 1. The van der Waals surface area contributed by atoms with Crippen LogP contribution in [-0.2, 0) is 0 Å². The van der Waals surface area contributed by atoms with Gasteiger partial charge in [-0.05, 0) is 0 Å². The van der Waals surface area contributed by atoms with Gasteiger partial charge < -0.3 is 5.32 Å². The summed E-state index contributed by atoms with van der Waals surface area (Å²) >= 11 is 18.4. The fourth-order valence-corrected chi connectivity index (χ4v) is 2.33. The second-order valence-electron chi connectivity index (χ2n) is 1.75. The van der Waals surface area contributed by atoms with Crippen molar-refractivity contribution < 1.29 is 0 Å². The molecule has 0 amide bonds. The van der Waals surface area contributed by atoms with Crippen LogP contribution >= 0.6 is 46.6 Å². The molecule has 1 N–H and O–H groups in total. The first-order valence-corrected chi connectivity index (χ1v) is 4.70. The van der Waals surface area contributed by atoms with Gasteiger partial charge in [0.25, 0.3) is 0 Å². The lowest BCUT2D eigenvalue weighted by Crippen LogP contribution is -2.32. The monoisotopic (exact) mass is 205 g/mol. The Bertz CT molecular complexity index is 96.5. The van der Waals surface area contributed by atoms with Crippen LogP contribution in [0.1, 0.15) is 0 Å². The highest BCUT2D eigenvalue weighted by Crippen LogP contribution is 2.37. The smallest absolute Gasteiger partial charge is 0.214 e. The van der Waals surface area contributed by atoms with Crippen LogP contribution in [0, 0.1) is 0 Å². The summed E-state index contributed by atoms with van der Waals surface area (Å²) in [6, 6.07) is 0. The summed E-state index contributed by atoms with van der Waals surface area (Å²) in [5, 5.41) is 3.04. The maximum atomic E-state index is 5.59. The second kappa shape index (κ2) is 3.05. The molecule has 1 fully saturated rings. The molecule has 1 heterocycles. The van der Waals surface area contributed by atoms with E-state index in [0.29, 0.717) is 0 Å². The SMILES string of the molecule is ClC(Cl)(Cl)C1NCCS1. The van der Waals surface area contributed by atoms with Gasteiger partial charge in [-0.3, -0.25) is 0 Å². The fourth-order valence-electron chi connectivity index (χ4n) is 0.636. The first-order chi connectivity index (χ1) is 4.11. The Balaban J connectivity index is 2.42. The van der Waals surface area contributed by atoms with Gasteiger partial charge in [0.05, 0.1) is 0 Å². The highest BCUT2D eigenvalue weighted by atomic mass is 35.6. The molecule has 0 bridgehead atoms. The van der Waals surface area contributed by atoms with Gasteiger partial charge in [0, 0.05) is 12.3 Å². The molecule has 0 aromatic carbocycles. The average molecular weight is 207 g/mol. The lowest BCUT2D eigenvalue weighted by molar-refractivity contribution is 0.723. The van der Waals surface area contributed by atoms with Gasteiger partial charge in [-0.1, -0.05) is 34.8 Å². The predicted octanol–water partition coefficient (Wildman–Crippen LogP) is 2.02. The molecule has 1 rings (SSSR count). The topological polar surface area (TPSA) is 12.0 Å². The normalized spacial score (nSPS) is 29.0. The number of hydrogen-bond acceptors (Lipinski definition) is 2. The van der Waals surface area contributed by atoms with Gasteiger partial charge in [0.15, 0.2) is 0 Å². The first kappa shape index (κ1) is 8.28. The Morgan fingerprint density at radius 1 is 1.44 bits per heavy atom. The minimum absolute atomic E-state index is 0.0255. The Hall–Kier alpha value is 1.18. The molecular weight excluding hydrogens is 200 g/mol. The van der Waals surface area contributed by atoms with Crippen LogP contribution < -0.4 is 5.32 Å². The maximum Gasteiger partial charge on any atom is 0.214 e. The summed E-state index contributed by atoms with van der Waals surface area (Å²) in [4.78, 5) is 0. The van der Waals surface area contributed by atoms with Gasteiger partial charge in [-0.25, -0.2) is 0 Å². The highest BCUT2D eigenvalue weighted by molar-refractivity contribution is 8.00. The lowest BCUT2D eigenvalue weighted by atomic mass is 10.6.